The number of hydrogen-bond acceptors (Lipinski definition) is 6. The molecule has 40 heavy (non-hydrogen) atoms. The molecule has 1 heterocycles. The van der Waals surface area contributed by atoms with Gasteiger partial charge in [-0.1, -0.05) is 38.1 Å². The lowest BCUT2D eigenvalue weighted by Gasteiger charge is -2.17. The van der Waals surface area contributed by atoms with Gasteiger partial charge in [-0.2, -0.15) is 0 Å². The third-order valence-corrected chi connectivity index (χ3v) is 7.66. The fourth-order valence-corrected chi connectivity index (χ4v) is 5.58. The van der Waals surface area contributed by atoms with Gasteiger partial charge in [0.2, 0.25) is 0 Å². The van der Waals surface area contributed by atoms with E-state index in [1.807, 2.05) is 32.0 Å². The van der Waals surface area contributed by atoms with Crippen LogP contribution in [0.5, 0.6) is 17.2 Å². The maximum atomic E-state index is 13.2. The molecule has 0 N–H and O–H groups in total. The largest absolute Gasteiger partial charge is 0.491 e. The molecule has 0 bridgehead atoms. The van der Waals surface area contributed by atoms with Crippen LogP contribution in [-0.4, -0.2) is 35.8 Å². The summed E-state index contributed by atoms with van der Waals surface area (Å²) in [7, 11) is 0. The zero-order chi connectivity index (χ0) is 28.8. The minimum atomic E-state index is -0.363. The number of carbonyl (C=O) groups is 2. The van der Waals surface area contributed by atoms with E-state index < -0.39 is 0 Å². The molecule has 0 radical (unpaired) electrons. The number of nitrogens with zero attached hydrogens (tertiary/aromatic N) is 1. The Morgan fingerprint density at radius 2 is 1.75 bits per heavy atom. The topological polar surface area (TPSA) is 65.1 Å². The quantitative estimate of drug-likeness (QED) is 0.200. The molecular formula is C31H31BrFNO5S. The summed E-state index contributed by atoms with van der Waals surface area (Å²) < 4.78 is 31.6. The number of imide groups is 1. The second-order valence-electron chi connectivity index (χ2n) is 9.56. The standard InChI is InChI=1S/C31H31BrFNO5S/c1-5-37-27-16-22(15-25(32)29(27)39-18-21-7-9-23(33)10-8-21)17-28-30(35)34(31(36)40-28)12-13-38-26-14-20(4)6-11-24(26)19(2)3/h6-11,14-17,19H,5,12-13,18H2,1-4H3/b28-17-. The number of carbonyl (C=O) groups excluding carboxylic acids is 2. The van der Waals surface area contributed by atoms with Crippen LogP contribution >= 0.6 is 27.7 Å². The first-order chi connectivity index (χ1) is 19.2. The van der Waals surface area contributed by atoms with E-state index in [1.54, 1.807) is 30.3 Å². The first kappa shape index (κ1) is 29.7. The highest BCUT2D eigenvalue weighted by atomic mass is 79.9. The summed E-state index contributed by atoms with van der Waals surface area (Å²) in [6.07, 6.45) is 1.67. The van der Waals surface area contributed by atoms with Crippen LogP contribution in [0.3, 0.4) is 0 Å². The lowest BCUT2D eigenvalue weighted by Crippen LogP contribution is -2.32. The predicted molar refractivity (Wildman–Crippen MR) is 159 cm³/mol. The summed E-state index contributed by atoms with van der Waals surface area (Å²) in [6.45, 7) is 9.03. The molecule has 0 aromatic heterocycles. The molecule has 0 spiro atoms. The van der Waals surface area contributed by atoms with Gasteiger partial charge in [-0.3, -0.25) is 14.5 Å². The molecule has 1 saturated heterocycles. The molecule has 4 rings (SSSR count). The van der Waals surface area contributed by atoms with Crippen molar-refractivity contribution < 1.29 is 28.2 Å². The number of thioether (sulfide) groups is 1. The van der Waals surface area contributed by atoms with Gasteiger partial charge < -0.3 is 14.2 Å². The fraction of sp³-hybridized carbons (Fsp3) is 0.290. The average Bonchev–Trinajstić information content (AvgIpc) is 3.16. The van der Waals surface area contributed by atoms with Gasteiger partial charge in [0.1, 0.15) is 24.8 Å². The number of aryl methyl sites for hydroxylation is 1. The van der Waals surface area contributed by atoms with Crippen LogP contribution in [0.1, 0.15) is 48.9 Å². The molecule has 210 valence electrons. The highest BCUT2D eigenvalue weighted by Crippen LogP contribution is 2.40. The lowest BCUT2D eigenvalue weighted by molar-refractivity contribution is -0.123. The van der Waals surface area contributed by atoms with Crippen molar-refractivity contribution in [3.8, 4) is 17.2 Å². The summed E-state index contributed by atoms with van der Waals surface area (Å²) in [5.74, 6) is 1.36. The van der Waals surface area contributed by atoms with Crippen LogP contribution < -0.4 is 14.2 Å². The van der Waals surface area contributed by atoms with E-state index in [-0.39, 0.29) is 42.6 Å². The van der Waals surface area contributed by atoms with Gasteiger partial charge in [-0.25, -0.2) is 4.39 Å². The first-order valence-electron chi connectivity index (χ1n) is 13.0. The van der Waals surface area contributed by atoms with Crippen molar-refractivity contribution in [1.82, 2.24) is 4.90 Å². The SMILES string of the molecule is CCOc1cc(/C=C2\SC(=O)N(CCOc3cc(C)ccc3C(C)C)C2=O)cc(Br)c1OCc1ccc(F)cc1. The molecule has 1 aliphatic heterocycles. The first-order valence-corrected chi connectivity index (χ1v) is 14.6. The fourth-order valence-electron chi connectivity index (χ4n) is 4.15. The summed E-state index contributed by atoms with van der Waals surface area (Å²) in [6, 6.07) is 15.7. The maximum Gasteiger partial charge on any atom is 0.293 e. The van der Waals surface area contributed by atoms with Crippen LogP contribution in [-0.2, 0) is 11.4 Å². The molecule has 0 unspecified atom stereocenters. The predicted octanol–water partition coefficient (Wildman–Crippen LogP) is 8.11. The molecule has 1 fully saturated rings. The van der Waals surface area contributed by atoms with Crippen molar-refractivity contribution in [1.29, 1.82) is 0 Å². The van der Waals surface area contributed by atoms with E-state index in [9.17, 15) is 14.0 Å². The van der Waals surface area contributed by atoms with Crippen molar-refractivity contribution in [3.63, 3.8) is 0 Å². The Hall–Kier alpha value is -3.30. The molecule has 3 aromatic rings. The van der Waals surface area contributed by atoms with Gasteiger partial charge in [-0.05, 0) is 106 Å². The zero-order valence-electron chi connectivity index (χ0n) is 22.8. The highest BCUT2D eigenvalue weighted by molar-refractivity contribution is 9.10. The smallest absolute Gasteiger partial charge is 0.293 e. The molecular weight excluding hydrogens is 597 g/mol. The van der Waals surface area contributed by atoms with Crippen molar-refractivity contribution in [2.24, 2.45) is 0 Å². The Bertz CT molecular complexity index is 1420. The number of halogens is 2. The summed E-state index contributed by atoms with van der Waals surface area (Å²) in [5.41, 5.74) is 3.64. The maximum absolute atomic E-state index is 13.2. The van der Waals surface area contributed by atoms with E-state index in [0.717, 1.165) is 34.2 Å². The zero-order valence-corrected chi connectivity index (χ0v) is 25.2. The summed E-state index contributed by atoms with van der Waals surface area (Å²) >= 11 is 4.44. The minimum Gasteiger partial charge on any atom is -0.491 e. The van der Waals surface area contributed by atoms with Crippen LogP contribution in [0, 0.1) is 12.7 Å². The Morgan fingerprint density at radius 1 is 1.00 bits per heavy atom. The number of benzene rings is 3. The average molecular weight is 629 g/mol. The van der Waals surface area contributed by atoms with E-state index >= 15 is 0 Å². The van der Waals surface area contributed by atoms with Crippen LogP contribution in [0.2, 0.25) is 0 Å². The molecule has 3 aromatic carbocycles. The second-order valence-corrected chi connectivity index (χ2v) is 11.4. The van der Waals surface area contributed by atoms with Crippen molar-refractivity contribution in [2.75, 3.05) is 19.8 Å². The van der Waals surface area contributed by atoms with Crippen LogP contribution in [0.25, 0.3) is 6.08 Å². The summed E-state index contributed by atoms with van der Waals surface area (Å²) in [5, 5.41) is -0.337. The number of ether oxygens (including phenoxy) is 3. The molecule has 0 aliphatic carbocycles. The summed E-state index contributed by atoms with van der Waals surface area (Å²) in [4.78, 5) is 27.3. The Balaban J connectivity index is 1.46. The molecule has 0 saturated carbocycles. The van der Waals surface area contributed by atoms with Crippen LogP contribution in [0.15, 0.2) is 64.0 Å². The van der Waals surface area contributed by atoms with Crippen molar-refractivity contribution in [2.45, 2.75) is 40.2 Å². The number of hydrogen-bond donors (Lipinski definition) is 0. The number of rotatable bonds is 11. The Kier molecular flexibility index (Phi) is 9.92. The highest BCUT2D eigenvalue weighted by Gasteiger charge is 2.35. The van der Waals surface area contributed by atoms with Gasteiger partial charge >= 0.3 is 0 Å². The lowest BCUT2D eigenvalue weighted by atomic mass is 10.0. The van der Waals surface area contributed by atoms with E-state index in [0.29, 0.717) is 33.0 Å². The molecule has 6 nitrogen and oxygen atoms in total. The normalized spacial score (nSPS) is 14.4. The second kappa shape index (κ2) is 13.4. The molecule has 1 aliphatic rings. The molecule has 9 heteroatoms. The van der Waals surface area contributed by atoms with Gasteiger partial charge in [0, 0.05) is 0 Å². The Morgan fingerprint density at radius 3 is 2.45 bits per heavy atom. The third kappa shape index (κ3) is 7.26. The molecule has 2 amide bonds. The van der Waals surface area contributed by atoms with Crippen molar-refractivity contribution in [3.05, 3.63) is 92.0 Å². The third-order valence-electron chi connectivity index (χ3n) is 6.16. The van der Waals surface area contributed by atoms with Gasteiger partial charge in [0.15, 0.2) is 11.5 Å². The van der Waals surface area contributed by atoms with E-state index in [2.05, 4.69) is 29.8 Å². The van der Waals surface area contributed by atoms with E-state index in [1.165, 1.54) is 17.0 Å². The van der Waals surface area contributed by atoms with Gasteiger partial charge in [0.25, 0.3) is 11.1 Å². The monoisotopic (exact) mass is 627 g/mol. The van der Waals surface area contributed by atoms with Crippen LogP contribution in [0.4, 0.5) is 9.18 Å². The number of amides is 2. The van der Waals surface area contributed by atoms with Gasteiger partial charge in [-0.15, -0.1) is 0 Å². The van der Waals surface area contributed by atoms with Crippen molar-refractivity contribution >= 4 is 44.9 Å². The van der Waals surface area contributed by atoms with Gasteiger partial charge in [0.05, 0.1) is 22.5 Å². The van der Waals surface area contributed by atoms with E-state index in [4.69, 9.17) is 14.2 Å². The Labute approximate surface area is 246 Å². The minimum absolute atomic E-state index is 0.150. The molecule has 0 atom stereocenters.